The van der Waals surface area contributed by atoms with Gasteiger partial charge in [0.15, 0.2) is 0 Å². The number of hydrogen-bond acceptors (Lipinski definition) is 2. The minimum atomic E-state index is -0.0157. The van der Waals surface area contributed by atoms with Crippen molar-refractivity contribution in [3.8, 4) is 0 Å². The lowest BCUT2D eigenvalue weighted by molar-refractivity contribution is -0.121. The molecule has 0 radical (unpaired) electrons. The number of aryl methyl sites for hydroxylation is 1. The average Bonchev–Trinajstić information content (AvgIpc) is 3.06. The maximum Gasteiger partial charge on any atom is 0.240 e. The molecule has 3 aromatic carbocycles. The molecule has 1 heterocycles. The third-order valence-corrected chi connectivity index (χ3v) is 4.98. The highest BCUT2D eigenvalue weighted by atomic mass is 16.1. The number of hydrogen-bond donors (Lipinski definition) is 1. The molecule has 4 nitrogen and oxygen atoms in total. The van der Waals surface area contributed by atoms with Gasteiger partial charge < -0.3 is 9.88 Å². The summed E-state index contributed by atoms with van der Waals surface area (Å²) in [7, 11) is 0. The predicted octanol–water partition coefficient (Wildman–Crippen LogP) is 4.25. The molecule has 0 aliphatic rings. The number of nitrogens with one attached hydrogen (secondary N) is 1. The molecule has 1 N–H and O–H groups in total. The molecular formula is C24H23N3O. The first kappa shape index (κ1) is 18.0. The maximum atomic E-state index is 12.6. The number of rotatable bonds is 6. The van der Waals surface area contributed by atoms with Gasteiger partial charge in [-0.1, -0.05) is 66.7 Å². The van der Waals surface area contributed by atoms with Gasteiger partial charge in [0.05, 0.1) is 11.0 Å². The summed E-state index contributed by atoms with van der Waals surface area (Å²) in [6.07, 6.45) is 0.702. The molecule has 140 valence electrons. The van der Waals surface area contributed by atoms with E-state index in [0.29, 0.717) is 13.0 Å². The molecule has 1 amide bonds. The second-order valence-corrected chi connectivity index (χ2v) is 6.97. The summed E-state index contributed by atoms with van der Waals surface area (Å²) in [5.74, 6) is 0.892. The third-order valence-electron chi connectivity index (χ3n) is 4.98. The fraction of sp³-hybridized carbons (Fsp3) is 0.167. The molecule has 28 heavy (non-hydrogen) atoms. The maximum absolute atomic E-state index is 12.6. The average molecular weight is 369 g/mol. The first-order valence-corrected chi connectivity index (χ1v) is 9.50. The number of carbonyl (C=O) groups is 1. The van der Waals surface area contributed by atoms with Gasteiger partial charge in [0, 0.05) is 13.0 Å². The summed E-state index contributed by atoms with van der Waals surface area (Å²) >= 11 is 0. The summed E-state index contributed by atoms with van der Waals surface area (Å²) in [6, 6.07) is 26.2. The number of para-hydroxylation sites is 2. The zero-order valence-corrected chi connectivity index (χ0v) is 15.9. The van der Waals surface area contributed by atoms with Gasteiger partial charge in [-0.15, -0.1) is 0 Å². The molecule has 0 spiro atoms. The van der Waals surface area contributed by atoms with E-state index in [1.807, 2.05) is 71.3 Å². The van der Waals surface area contributed by atoms with Crippen LogP contribution in [0.15, 0.2) is 78.9 Å². The Bertz CT molecular complexity index is 1100. The van der Waals surface area contributed by atoms with Crippen molar-refractivity contribution < 1.29 is 4.79 Å². The first-order valence-electron chi connectivity index (χ1n) is 9.50. The number of amides is 1. The lowest BCUT2D eigenvalue weighted by atomic mass is 10.1. The van der Waals surface area contributed by atoms with Crippen molar-refractivity contribution >= 4 is 16.9 Å². The minimum Gasteiger partial charge on any atom is -0.350 e. The van der Waals surface area contributed by atoms with Crippen molar-refractivity contribution in [3.63, 3.8) is 0 Å². The SMILES string of the molecule is Cc1ccccc1Cc1nc2ccccc2n1CC(=O)NCc1ccccc1. The Morgan fingerprint density at radius 3 is 2.46 bits per heavy atom. The first-order chi connectivity index (χ1) is 13.7. The van der Waals surface area contributed by atoms with Crippen molar-refractivity contribution in [2.45, 2.75) is 26.4 Å². The zero-order chi connectivity index (χ0) is 19.3. The quantitative estimate of drug-likeness (QED) is 0.552. The highest BCUT2D eigenvalue weighted by molar-refractivity contribution is 5.81. The standard InChI is InChI=1S/C24H23N3O/c1-18-9-5-6-12-20(18)15-23-26-21-13-7-8-14-22(21)27(23)17-24(28)25-16-19-10-3-2-4-11-19/h2-14H,15-17H2,1H3,(H,25,28). The molecule has 0 saturated heterocycles. The Hall–Kier alpha value is -3.40. The Balaban J connectivity index is 1.58. The van der Waals surface area contributed by atoms with E-state index in [1.165, 1.54) is 11.1 Å². The lowest BCUT2D eigenvalue weighted by Crippen LogP contribution is -2.27. The molecule has 4 rings (SSSR count). The van der Waals surface area contributed by atoms with Crippen molar-refractivity contribution in [1.29, 1.82) is 0 Å². The van der Waals surface area contributed by atoms with E-state index in [2.05, 4.69) is 24.4 Å². The number of fused-ring (bicyclic) bond motifs is 1. The van der Waals surface area contributed by atoms with Crippen molar-refractivity contribution in [2.75, 3.05) is 0 Å². The van der Waals surface area contributed by atoms with Gasteiger partial charge in [0.25, 0.3) is 0 Å². The summed E-state index contributed by atoms with van der Waals surface area (Å²) < 4.78 is 2.03. The molecular weight excluding hydrogens is 346 g/mol. The number of carbonyl (C=O) groups excluding carboxylic acids is 1. The van der Waals surface area contributed by atoms with Gasteiger partial charge >= 0.3 is 0 Å². The van der Waals surface area contributed by atoms with Crippen LogP contribution in [0.2, 0.25) is 0 Å². The van der Waals surface area contributed by atoms with Crippen LogP contribution in [0.5, 0.6) is 0 Å². The highest BCUT2D eigenvalue weighted by Gasteiger charge is 2.14. The number of aromatic nitrogens is 2. The van der Waals surface area contributed by atoms with Crippen LogP contribution in [0.3, 0.4) is 0 Å². The number of imidazole rings is 1. The summed E-state index contributed by atoms with van der Waals surface area (Å²) in [5, 5.41) is 3.02. The third kappa shape index (κ3) is 3.96. The van der Waals surface area contributed by atoms with Crippen LogP contribution in [-0.2, 0) is 24.3 Å². The van der Waals surface area contributed by atoms with Gasteiger partial charge in [-0.3, -0.25) is 4.79 Å². The largest absolute Gasteiger partial charge is 0.350 e. The van der Waals surface area contributed by atoms with Crippen LogP contribution in [0.4, 0.5) is 0 Å². The van der Waals surface area contributed by atoms with E-state index in [-0.39, 0.29) is 12.5 Å². The van der Waals surface area contributed by atoms with Crippen LogP contribution in [0.1, 0.15) is 22.5 Å². The van der Waals surface area contributed by atoms with E-state index in [4.69, 9.17) is 4.98 Å². The molecule has 0 saturated carbocycles. The molecule has 0 unspecified atom stereocenters. The van der Waals surface area contributed by atoms with Crippen molar-refractivity contribution in [3.05, 3.63) is 101 Å². The number of benzene rings is 3. The Kier molecular flexibility index (Phi) is 5.20. The van der Waals surface area contributed by atoms with E-state index in [1.54, 1.807) is 0 Å². The van der Waals surface area contributed by atoms with Gasteiger partial charge in [-0.05, 0) is 35.7 Å². The monoisotopic (exact) mass is 369 g/mol. The zero-order valence-electron chi connectivity index (χ0n) is 15.9. The summed E-state index contributed by atoms with van der Waals surface area (Å²) in [5.41, 5.74) is 5.45. The summed E-state index contributed by atoms with van der Waals surface area (Å²) in [6.45, 7) is 2.89. The fourth-order valence-electron chi connectivity index (χ4n) is 3.41. The summed E-state index contributed by atoms with van der Waals surface area (Å²) in [4.78, 5) is 17.4. The smallest absolute Gasteiger partial charge is 0.240 e. The van der Waals surface area contributed by atoms with Crippen LogP contribution < -0.4 is 5.32 Å². The molecule has 0 atom stereocenters. The lowest BCUT2D eigenvalue weighted by Gasteiger charge is -2.11. The predicted molar refractivity (Wildman–Crippen MR) is 112 cm³/mol. The second kappa shape index (κ2) is 8.09. The van der Waals surface area contributed by atoms with E-state index in [0.717, 1.165) is 22.4 Å². The fourth-order valence-corrected chi connectivity index (χ4v) is 3.41. The Morgan fingerprint density at radius 1 is 0.929 bits per heavy atom. The van der Waals surface area contributed by atoms with Crippen LogP contribution in [0.25, 0.3) is 11.0 Å². The molecule has 0 aliphatic heterocycles. The van der Waals surface area contributed by atoms with Gasteiger partial charge in [-0.2, -0.15) is 0 Å². The number of nitrogens with zero attached hydrogens (tertiary/aromatic N) is 2. The Morgan fingerprint density at radius 2 is 1.64 bits per heavy atom. The molecule has 4 heteroatoms. The van der Waals surface area contributed by atoms with Crippen molar-refractivity contribution in [1.82, 2.24) is 14.9 Å². The van der Waals surface area contributed by atoms with Crippen molar-refractivity contribution in [2.24, 2.45) is 0 Å². The van der Waals surface area contributed by atoms with E-state index in [9.17, 15) is 4.79 Å². The molecule has 0 fully saturated rings. The van der Waals surface area contributed by atoms with Crippen LogP contribution in [-0.4, -0.2) is 15.5 Å². The second-order valence-electron chi connectivity index (χ2n) is 6.97. The topological polar surface area (TPSA) is 46.9 Å². The van der Waals surface area contributed by atoms with Gasteiger partial charge in [0.2, 0.25) is 5.91 Å². The van der Waals surface area contributed by atoms with E-state index < -0.39 is 0 Å². The normalized spacial score (nSPS) is 10.9. The van der Waals surface area contributed by atoms with E-state index >= 15 is 0 Å². The minimum absolute atomic E-state index is 0.0157. The van der Waals surface area contributed by atoms with Gasteiger partial charge in [-0.25, -0.2) is 4.98 Å². The molecule has 4 aromatic rings. The Labute approximate surface area is 164 Å². The molecule has 0 aliphatic carbocycles. The van der Waals surface area contributed by atoms with Crippen LogP contribution in [0, 0.1) is 6.92 Å². The highest BCUT2D eigenvalue weighted by Crippen LogP contribution is 2.20. The van der Waals surface area contributed by atoms with Crippen LogP contribution >= 0.6 is 0 Å². The molecule has 1 aromatic heterocycles. The van der Waals surface area contributed by atoms with Gasteiger partial charge in [0.1, 0.15) is 12.4 Å². The molecule has 0 bridgehead atoms.